The van der Waals surface area contributed by atoms with Gasteiger partial charge in [-0.15, -0.1) is 0 Å². The Morgan fingerprint density at radius 2 is 2.36 bits per heavy atom. The van der Waals surface area contributed by atoms with E-state index in [4.69, 9.17) is 0 Å². The van der Waals surface area contributed by atoms with Crippen LogP contribution in [0.2, 0.25) is 0 Å². The third-order valence-corrected chi connectivity index (χ3v) is 1.42. The number of aryl methyl sites for hydroxylation is 1. The van der Waals surface area contributed by atoms with Crippen LogP contribution in [0.25, 0.3) is 5.65 Å². The number of hydrogen-bond donors (Lipinski definition) is 0. The molecule has 2 aromatic rings. The van der Waals surface area contributed by atoms with Crippen LogP contribution >= 0.6 is 0 Å². The van der Waals surface area contributed by atoms with Crippen molar-refractivity contribution < 1.29 is 32.7 Å². The molecule has 0 bridgehead atoms. The van der Waals surface area contributed by atoms with Crippen molar-refractivity contribution >= 4 is 5.65 Å². The van der Waals surface area contributed by atoms with Crippen molar-refractivity contribution in [3.8, 4) is 0 Å². The minimum Gasteiger partial charge on any atom is -0.340 e. The predicted molar refractivity (Wildman–Crippen MR) is 38.8 cm³/mol. The standard InChI is InChI=1S/C8H7N2.Y/c1-7-6-10-5-3-2-4-8(10)9-7;/h2,4-6H,1H3;/q-1;. The molecular formula is C8H7N2Y-. The number of rotatable bonds is 0. The molecule has 0 saturated carbocycles. The molecule has 3 heteroatoms. The van der Waals surface area contributed by atoms with Crippen LogP contribution in [0, 0.1) is 13.0 Å². The first kappa shape index (κ1) is 8.89. The number of fused-ring (bicyclic) bond motifs is 1. The fourth-order valence-electron chi connectivity index (χ4n) is 1.01. The predicted octanol–water partition coefficient (Wildman–Crippen LogP) is 1.44. The third kappa shape index (κ3) is 1.68. The van der Waals surface area contributed by atoms with E-state index in [1.807, 2.05) is 35.9 Å². The summed E-state index contributed by atoms with van der Waals surface area (Å²) < 4.78 is 1.95. The largest absolute Gasteiger partial charge is 0.340 e. The van der Waals surface area contributed by atoms with Gasteiger partial charge in [-0.2, -0.15) is 6.07 Å². The zero-order valence-electron chi connectivity index (χ0n) is 6.28. The topological polar surface area (TPSA) is 17.3 Å². The van der Waals surface area contributed by atoms with Crippen molar-refractivity contribution in [1.29, 1.82) is 0 Å². The molecule has 0 saturated heterocycles. The summed E-state index contributed by atoms with van der Waals surface area (Å²) in [4.78, 5) is 4.26. The molecule has 0 atom stereocenters. The summed E-state index contributed by atoms with van der Waals surface area (Å²) in [7, 11) is 0. The molecule has 53 valence electrons. The van der Waals surface area contributed by atoms with Gasteiger partial charge in [0.05, 0.1) is 11.3 Å². The molecule has 0 aliphatic heterocycles. The minimum absolute atomic E-state index is 0. The van der Waals surface area contributed by atoms with E-state index in [1.54, 1.807) is 0 Å². The second-order valence-corrected chi connectivity index (χ2v) is 2.28. The van der Waals surface area contributed by atoms with E-state index >= 15 is 0 Å². The molecular weight excluding hydrogens is 213 g/mol. The first-order chi connectivity index (χ1) is 4.86. The van der Waals surface area contributed by atoms with Crippen LogP contribution in [0.1, 0.15) is 5.69 Å². The smallest absolute Gasteiger partial charge is 0.0543 e. The quantitative estimate of drug-likeness (QED) is 0.614. The maximum Gasteiger partial charge on any atom is 0.0543 e. The van der Waals surface area contributed by atoms with Gasteiger partial charge in [-0.1, -0.05) is 6.20 Å². The first-order valence-corrected chi connectivity index (χ1v) is 3.18. The van der Waals surface area contributed by atoms with Gasteiger partial charge in [0.15, 0.2) is 0 Å². The normalized spacial score (nSPS) is 9.55. The molecule has 0 N–H and O–H groups in total. The Balaban J connectivity index is 0.000000605. The van der Waals surface area contributed by atoms with Gasteiger partial charge in [0.25, 0.3) is 0 Å². The van der Waals surface area contributed by atoms with Gasteiger partial charge in [0.2, 0.25) is 0 Å². The van der Waals surface area contributed by atoms with Crippen LogP contribution in [0.5, 0.6) is 0 Å². The molecule has 2 nitrogen and oxygen atoms in total. The molecule has 2 rings (SSSR count). The van der Waals surface area contributed by atoms with Crippen molar-refractivity contribution in [3.05, 3.63) is 36.3 Å². The fourth-order valence-corrected chi connectivity index (χ4v) is 1.01. The Labute approximate surface area is 90.5 Å². The van der Waals surface area contributed by atoms with Crippen molar-refractivity contribution in [3.63, 3.8) is 0 Å². The second-order valence-electron chi connectivity index (χ2n) is 2.28. The van der Waals surface area contributed by atoms with Gasteiger partial charge in [-0.05, 0) is 6.92 Å². The monoisotopic (exact) mass is 220 g/mol. The first-order valence-electron chi connectivity index (χ1n) is 3.18. The average molecular weight is 220 g/mol. The number of aromatic nitrogens is 2. The van der Waals surface area contributed by atoms with E-state index < -0.39 is 0 Å². The molecule has 2 heterocycles. The van der Waals surface area contributed by atoms with Crippen LogP contribution in [0.4, 0.5) is 0 Å². The second kappa shape index (κ2) is 3.46. The van der Waals surface area contributed by atoms with E-state index in [1.165, 1.54) is 0 Å². The maximum absolute atomic E-state index is 4.26. The summed E-state index contributed by atoms with van der Waals surface area (Å²) in [6.07, 6.45) is 3.85. The molecule has 2 aromatic heterocycles. The van der Waals surface area contributed by atoms with Gasteiger partial charge in [-0.25, -0.2) is 12.1 Å². The molecule has 0 amide bonds. The number of hydrogen-bond acceptors (Lipinski definition) is 1. The number of imidazole rings is 1. The van der Waals surface area contributed by atoms with Crippen molar-refractivity contribution in [2.45, 2.75) is 6.92 Å². The van der Waals surface area contributed by atoms with Crippen LogP contribution < -0.4 is 0 Å². The van der Waals surface area contributed by atoms with Crippen molar-refractivity contribution in [2.75, 3.05) is 0 Å². The van der Waals surface area contributed by atoms with Gasteiger partial charge in [-0.3, -0.25) is 4.98 Å². The van der Waals surface area contributed by atoms with E-state index in [-0.39, 0.29) is 32.7 Å². The third-order valence-electron chi connectivity index (χ3n) is 1.42. The molecule has 11 heavy (non-hydrogen) atoms. The van der Waals surface area contributed by atoms with Crippen LogP contribution in [-0.2, 0) is 32.7 Å². The summed E-state index contributed by atoms with van der Waals surface area (Å²) in [6.45, 7) is 1.98. The molecule has 1 radical (unpaired) electrons. The van der Waals surface area contributed by atoms with Crippen LogP contribution in [0.15, 0.2) is 24.5 Å². The Hall–Kier alpha value is -0.206. The van der Waals surface area contributed by atoms with Crippen molar-refractivity contribution in [1.82, 2.24) is 9.38 Å². The van der Waals surface area contributed by atoms with E-state index in [9.17, 15) is 0 Å². The maximum atomic E-state index is 4.26. The van der Waals surface area contributed by atoms with Gasteiger partial charge < -0.3 is 4.40 Å². The zero-order valence-corrected chi connectivity index (χ0v) is 9.12. The molecule has 0 fully saturated rings. The fraction of sp³-hybridized carbons (Fsp3) is 0.125. The summed E-state index contributed by atoms with van der Waals surface area (Å²) in [5.41, 5.74) is 2.02. The average Bonchev–Trinajstić information content (AvgIpc) is 2.27. The number of nitrogens with zero attached hydrogens (tertiary/aromatic N) is 2. The van der Waals surface area contributed by atoms with Gasteiger partial charge in [0, 0.05) is 38.9 Å². The van der Waals surface area contributed by atoms with E-state index in [0.29, 0.717) is 0 Å². The van der Waals surface area contributed by atoms with Crippen molar-refractivity contribution in [2.24, 2.45) is 0 Å². The van der Waals surface area contributed by atoms with E-state index in [2.05, 4.69) is 11.1 Å². The number of pyridine rings is 1. The molecule has 0 aromatic carbocycles. The minimum atomic E-state index is 0. The van der Waals surface area contributed by atoms with Gasteiger partial charge >= 0.3 is 0 Å². The van der Waals surface area contributed by atoms with E-state index in [0.717, 1.165) is 11.3 Å². The summed E-state index contributed by atoms with van der Waals surface area (Å²) in [6, 6.07) is 6.77. The van der Waals surface area contributed by atoms with Gasteiger partial charge in [0.1, 0.15) is 0 Å². The van der Waals surface area contributed by atoms with Crippen LogP contribution in [-0.4, -0.2) is 9.38 Å². The Morgan fingerprint density at radius 3 is 3.09 bits per heavy atom. The Morgan fingerprint density at radius 1 is 1.55 bits per heavy atom. The summed E-state index contributed by atoms with van der Waals surface area (Å²) in [5, 5.41) is 0. The Bertz CT molecular complexity index is 321. The zero-order chi connectivity index (χ0) is 6.97. The van der Waals surface area contributed by atoms with Crippen LogP contribution in [0.3, 0.4) is 0 Å². The summed E-state index contributed by atoms with van der Waals surface area (Å²) in [5.74, 6) is 0. The molecule has 0 aliphatic carbocycles. The SMILES string of the molecule is Cc1cn2c[c-]ccc2n1.[Y]. The molecule has 0 aliphatic rings. The summed E-state index contributed by atoms with van der Waals surface area (Å²) >= 11 is 0. The molecule has 0 unspecified atom stereocenters. The Kier molecular flexibility index (Phi) is 2.80. The molecule has 0 spiro atoms.